The third-order valence-electron chi connectivity index (χ3n) is 3.89. The summed E-state index contributed by atoms with van der Waals surface area (Å²) in [5.41, 5.74) is -1.03. The van der Waals surface area contributed by atoms with Crippen molar-refractivity contribution in [2.45, 2.75) is 51.8 Å². The molecule has 0 bridgehead atoms. The van der Waals surface area contributed by atoms with E-state index in [0.717, 1.165) is 3.57 Å². The van der Waals surface area contributed by atoms with E-state index in [2.05, 4.69) is 10.6 Å². The van der Waals surface area contributed by atoms with Crippen molar-refractivity contribution in [1.29, 1.82) is 0 Å². The Morgan fingerprint density at radius 3 is 2.41 bits per heavy atom. The summed E-state index contributed by atoms with van der Waals surface area (Å²) in [6, 6.07) is 3.85. The van der Waals surface area contributed by atoms with E-state index in [1.165, 1.54) is 21.0 Å². The van der Waals surface area contributed by atoms with E-state index < -0.39 is 29.6 Å². The number of halogens is 1. The molecule has 0 fully saturated rings. The van der Waals surface area contributed by atoms with Crippen molar-refractivity contribution in [3.05, 3.63) is 27.3 Å². The number of carbonyl (C=O) groups excluding carboxylic acids is 2. The molecular formula is C18H25IN2O6. The van der Waals surface area contributed by atoms with Crippen LogP contribution in [-0.4, -0.2) is 41.8 Å². The summed E-state index contributed by atoms with van der Waals surface area (Å²) in [7, 11) is 1.53. The predicted octanol–water partition coefficient (Wildman–Crippen LogP) is 2.85. The van der Waals surface area contributed by atoms with Gasteiger partial charge in [0.15, 0.2) is 0 Å². The first-order chi connectivity index (χ1) is 12.5. The molecule has 2 amide bonds. The highest BCUT2D eigenvalue weighted by atomic mass is 127. The maximum absolute atomic E-state index is 12.7. The summed E-state index contributed by atoms with van der Waals surface area (Å²) in [6.07, 6.45) is -0.458. The minimum absolute atomic E-state index is 0.319. The van der Waals surface area contributed by atoms with Gasteiger partial charge in [0.25, 0.3) is 0 Å². The van der Waals surface area contributed by atoms with Crippen LogP contribution in [0.3, 0.4) is 0 Å². The van der Waals surface area contributed by atoms with Crippen molar-refractivity contribution in [2.75, 3.05) is 7.11 Å². The van der Waals surface area contributed by atoms with Gasteiger partial charge in [0.2, 0.25) is 5.91 Å². The van der Waals surface area contributed by atoms with E-state index in [9.17, 15) is 19.5 Å². The molecule has 8 nitrogen and oxygen atoms in total. The summed E-state index contributed by atoms with van der Waals surface area (Å²) in [6.45, 7) is 6.32. The molecule has 1 aromatic rings. The normalized spacial score (nSPS) is 13.3. The Bertz CT molecular complexity index is 707. The number of carboxylic acids is 1. The summed E-state index contributed by atoms with van der Waals surface area (Å²) in [4.78, 5) is 36.2. The zero-order chi connectivity index (χ0) is 20.8. The number of aliphatic carboxylic acids is 1. The van der Waals surface area contributed by atoms with Gasteiger partial charge in [-0.3, -0.25) is 4.79 Å². The van der Waals surface area contributed by atoms with E-state index >= 15 is 0 Å². The molecule has 0 aliphatic heterocycles. The van der Waals surface area contributed by atoms with E-state index in [1.807, 2.05) is 29.5 Å². The number of carbonyl (C=O) groups is 3. The second kappa shape index (κ2) is 9.77. The van der Waals surface area contributed by atoms with Gasteiger partial charge in [-0.25, -0.2) is 9.59 Å². The first kappa shape index (κ1) is 23.0. The van der Waals surface area contributed by atoms with Crippen LogP contribution in [-0.2, 0) is 14.3 Å². The van der Waals surface area contributed by atoms with Gasteiger partial charge in [-0.05, 0) is 67.5 Å². The Morgan fingerprint density at radius 1 is 1.30 bits per heavy atom. The maximum Gasteiger partial charge on any atom is 0.408 e. The highest BCUT2D eigenvalue weighted by Crippen LogP contribution is 2.25. The molecule has 0 saturated heterocycles. The third kappa shape index (κ3) is 6.56. The Balaban J connectivity index is 3.15. The van der Waals surface area contributed by atoms with Gasteiger partial charge in [-0.2, -0.15) is 0 Å². The van der Waals surface area contributed by atoms with Gasteiger partial charge in [0.05, 0.1) is 10.7 Å². The minimum atomic E-state index is -1.50. The second-order valence-electron chi connectivity index (χ2n) is 6.51. The zero-order valence-corrected chi connectivity index (χ0v) is 18.1. The van der Waals surface area contributed by atoms with Crippen LogP contribution >= 0.6 is 22.6 Å². The van der Waals surface area contributed by atoms with E-state index in [1.54, 1.807) is 25.1 Å². The van der Waals surface area contributed by atoms with Crippen LogP contribution in [0.2, 0.25) is 0 Å². The number of rotatable bonds is 8. The summed E-state index contributed by atoms with van der Waals surface area (Å²) >= 11 is 2.05. The fourth-order valence-electron chi connectivity index (χ4n) is 2.01. The van der Waals surface area contributed by atoms with Crippen molar-refractivity contribution < 1.29 is 29.0 Å². The van der Waals surface area contributed by atoms with Crippen molar-refractivity contribution in [1.82, 2.24) is 10.6 Å². The molecule has 0 heterocycles. The minimum Gasteiger partial charge on any atom is -0.496 e. The van der Waals surface area contributed by atoms with Crippen LogP contribution in [0.1, 0.15) is 45.7 Å². The Hall–Kier alpha value is -2.04. The molecule has 0 radical (unpaired) electrons. The smallest absolute Gasteiger partial charge is 0.408 e. The standard InChI is InChI=1S/C18H25IN2O6/c1-6-10(2)27-17(25)20-14(15(22)21-18(3,4)16(23)24)11-7-8-13(26-5)12(19)9-11/h7-10,14H,6H2,1-5H3,(H,20,25)(H,21,22)(H,23,24)/t10-,14-/m0/s1. The first-order valence-corrected chi connectivity index (χ1v) is 9.45. The van der Waals surface area contributed by atoms with Crippen LogP contribution < -0.4 is 15.4 Å². The number of amides is 2. The van der Waals surface area contributed by atoms with Gasteiger partial charge in [-0.1, -0.05) is 13.0 Å². The molecule has 0 saturated carbocycles. The van der Waals surface area contributed by atoms with E-state index in [-0.39, 0.29) is 6.10 Å². The fourth-order valence-corrected chi connectivity index (χ4v) is 2.77. The molecule has 0 aromatic heterocycles. The molecule has 3 N–H and O–H groups in total. The van der Waals surface area contributed by atoms with Gasteiger partial charge in [0.1, 0.15) is 23.4 Å². The highest BCUT2D eigenvalue weighted by Gasteiger charge is 2.33. The van der Waals surface area contributed by atoms with Gasteiger partial charge < -0.3 is 25.2 Å². The Morgan fingerprint density at radius 2 is 1.93 bits per heavy atom. The third-order valence-corrected chi connectivity index (χ3v) is 4.73. The molecular weight excluding hydrogens is 467 g/mol. The molecule has 9 heteroatoms. The summed E-state index contributed by atoms with van der Waals surface area (Å²) in [5.74, 6) is -1.24. The first-order valence-electron chi connectivity index (χ1n) is 8.37. The van der Waals surface area contributed by atoms with Crippen molar-refractivity contribution >= 4 is 40.6 Å². The SMILES string of the molecule is CC[C@H](C)OC(=O)N[C@H](C(=O)NC(C)(C)C(=O)O)c1ccc(OC)c(I)c1. The number of hydrogen-bond donors (Lipinski definition) is 3. The van der Waals surface area contributed by atoms with Crippen LogP contribution in [0.25, 0.3) is 0 Å². The molecule has 0 aliphatic rings. The number of ether oxygens (including phenoxy) is 2. The quantitative estimate of drug-likeness (QED) is 0.481. The monoisotopic (exact) mass is 492 g/mol. The van der Waals surface area contributed by atoms with Crippen molar-refractivity contribution in [2.24, 2.45) is 0 Å². The lowest BCUT2D eigenvalue weighted by molar-refractivity contribution is -0.146. The summed E-state index contributed by atoms with van der Waals surface area (Å²) < 4.78 is 11.1. The average molecular weight is 492 g/mol. The molecule has 150 valence electrons. The molecule has 0 unspecified atom stereocenters. The largest absolute Gasteiger partial charge is 0.496 e. The molecule has 1 aromatic carbocycles. The Kier molecular flexibility index (Phi) is 8.32. The van der Waals surface area contributed by atoms with Crippen molar-refractivity contribution in [3.8, 4) is 5.75 Å². The predicted molar refractivity (Wildman–Crippen MR) is 108 cm³/mol. The second-order valence-corrected chi connectivity index (χ2v) is 7.68. The molecule has 0 spiro atoms. The Labute approximate surface area is 172 Å². The molecule has 0 aliphatic carbocycles. The maximum atomic E-state index is 12.7. The molecule has 2 atom stereocenters. The van der Waals surface area contributed by atoms with Gasteiger partial charge in [-0.15, -0.1) is 0 Å². The summed E-state index contributed by atoms with van der Waals surface area (Å²) in [5, 5.41) is 14.2. The zero-order valence-electron chi connectivity index (χ0n) is 16.0. The average Bonchev–Trinajstić information content (AvgIpc) is 2.58. The topological polar surface area (TPSA) is 114 Å². The number of carboxylic acid groups (broad SMARTS) is 1. The van der Waals surface area contributed by atoms with Crippen LogP contribution in [0.5, 0.6) is 5.75 Å². The fraction of sp³-hybridized carbons (Fsp3) is 0.500. The highest BCUT2D eigenvalue weighted by molar-refractivity contribution is 14.1. The van der Waals surface area contributed by atoms with Crippen LogP contribution in [0, 0.1) is 3.57 Å². The lowest BCUT2D eigenvalue weighted by atomic mass is 10.0. The van der Waals surface area contributed by atoms with Crippen molar-refractivity contribution in [3.63, 3.8) is 0 Å². The number of alkyl carbamates (subject to hydrolysis) is 1. The lowest BCUT2D eigenvalue weighted by Crippen LogP contribution is -2.53. The number of benzene rings is 1. The molecule has 27 heavy (non-hydrogen) atoms. The number of nitrogens with one attached hydrogen (secondary N) is 2. The van der Waals surface area contributed by atoms with Crippen LogP contribution in [0.15, 0.2) is 18.2 Å². The molecule has 1 rings (SSSR count). The van der Waals surface area contributed by atoms with E-state index in [4.69, 9.17) is 9.47 Å². The van der Waals surface area contributed by atoms with Gasteiger partial charge in [0, 0.05) is 0 Å². The van der Waals surface area contributed by atoms with E-state index in [0.29, 0.717) is 17.7 Å². The van der Waals surface area contributed by atoms with Crippen LogP contribution in [0.4, 0.5) is 4.79 Å². The number of methoxy groups -OCH3 is 1. The van der Waals surface area contributed by atoms with Gasteiger partial charge >= 0.3 is 12.1 Å². The lowest BCUT2D eigenvalue weighted by Gasteiger charge is -2.26. The number of hydrogen-bond acceptors (Lipinski definition) is 5.